The fourth-order valence-corrected chi connectivity index (χ4v) is 11.9. The summed E-state index contributed by atoms with van der Waals surface area (Å²) in [5.74, 6) is 0. The van der Waals surface area contributed by atoms with Gasteiger partial charge in [-0.3, -0.25) is 0 Å². The molecule has 0 radical (unpaired) electrons. The van der Waals surface area contributed by atoms with Crippen LogP contribution in [0.15, 0.2) is 164 Å². The van der Waals surface area contributed by atoms with Gasteiger partial charge < -0.3 is 14.7 Å². The van der Waals surface area contributed by atoms with E-state index in [-0.39, 0.29) is 33.8 Å². The van der Waals surface area contributed by atoms with Crippen molar-refractivity contribution in [1.82, 2.24) is 0 Å². The maximum atomic E-state index is 2.61. The second-order valence-electron chi connectivity index (χ2n) is 25.7. The van der Waals surface area contributed by atoms with E-state index < -0.39 is 0 Å². The van der Waals surface area contributed by atoms with Gasteiger partial charge in [-0.15, -0.1) is 0 Å². The molecule has 0 saturated heterocycles. The normalized spacial score (nSPS) is 14.6. The number of hydrogen-bond acceptors (Lipinski definition) is 3. The lowest BCUT2D eigenvalue weighted by molar-refractivity contribution is 0.590. The van der Waals surface area contributed by atoms with Gasteiger partial charge in [-0.1, -0.05) is 182 Å². The molecule has 3 aliphatic rings. The molecule has 0 N–H and O–H groups in total. The van der Waals surface area contributed by atoms with Crippen LogP contribution in [0.5, 0.6) is 0 Å². The monoisotopic (exact) mass is 942 g/mol. The topological polar surface area (TPSA) is 9.72 Å². The van der Waals surface area contributed by atoms with E-state index in [4.69, 9.17) is 0 Å². The van der Waals surface area contributed by atoms with Crippen LogP contribution >= 0.6 is 0 Å². The first-order chi connectivity index (χ1) is 33.9. The van der Waals surface area contributed by atoms with E-state index in [2.05, 4.69) is 282 Å². The summed E-state index contributed by atoms with van der Waals surface area (Å²) in [5, 5.41) is 0. The molecule has 11 rings (SSSR count). The summed E-state index contributed by atoms with van der Waals surface area (Å²) in [4.78, 5) is 7.63. The van der Waals surface area contributed by atoms with Crippen LogP contribution < -0.4 is 31.1 Å². The van der Waals surface area contributed by atoms with Crippen molar-refractivity contribution >= 4 is 74.3 Å². The third-order valence-corrected chi connectivity index (χ3v) is 16.1. The van der Waals surface area contributed by atoms with Gasteiger partial charge in [-0.05, 0) is 174 Å². The van der Waals surface area contributed by atoms with Crippen molar-refractivity contribution in [1.29, 1.82) is 0 Å². The van der Waals surface area contributed by atoms with Crippen LogP contribution in [0.25, 0.3) is 11.1 Å². The van der Waals surface area contributed by atoms with Crippen LogP contribution in [0.3, 0.4) is 0 Å². The van der Waals surface area contributed by atoms with Crippen molar-refractivity contribution in [2.45, 2.75) is 131 Å². The number of rotatable bonds is 5. The van der Waals surface area contributed by atoms with Gasteiger partial charge in [-0.2, -0.15) is 0 Å². The molecule has 0 bridgehead atoms. The number of benzene rings is 8. The van der Waals surface area contributed by atoms with E-state index >= 15 is 0 Å². The third-order valence-electron chi connectivity index (χ3n) is 16.1. The van der Waals surface area contributed by atoms with Crippen molar-refractivity contribution in [2.24, 2.45) is 0 Å². The summed E-state index contributed by atoms with van der Waals surface area (Å²) in [7, 11) is 0. The van der Waals surface area contributed by atoms with Crippen LogP contribution in [0.1, 0.15) is 136 Å². The van der Waals surface area contributed by atoms with E-state index in [1.807, 2.05) is 0 Å². The molecule has 3 nitrogen and oxygen atoms in total. The van der Waals surface area contributed by atoms with Crippen molar-refractivity contribution in [2.75, 3.05) is 14.7 Å². The van der Waals surface area contributed by atoms with Crippen LogP contribution in [0.2, 0.25) is 0 Å². The van der Waals surface area contributed by atoms with E-state index in [1.165, 1.54) is 94.9 Å². The highest BCUT2D eigenvalue weighted by molar-refractivity contribution is 7.00. The third kappa shape index (κ3) is 7.79. The van der Waals surface area contributed by atoms with Gasteiger partial charge in [0.15, 0.2) is 0 Å². The van der Waals surface area contributed by atoms with E-state index in [0.717, 1.165) is 22.7 Å². The Morgan fingerprint density at radius 2 is 0.861 bits per heavy atom. The quantitative estimate of drug-likeness (QED) is 0.159. The molecule has 0 atom stereocenters. The molecule has 0 aromatic heterocycles. The lowest BCUT2D eigenvalue weighted by atomic mass is 9.33. The number of hydrogen-bond donors (Lipinski definition) is 0. The Labute approximate surface area is 431 Å². The SMILES string of the molecule is Cc1cc2c3c(c1)N(c1ccc4c(c1)-c1ccccc1C4(C)C)c1cc(N(c4ccc(C(C)(C)C)cc4)c4ccc(C(C)(C)C)cc4)ccc1B3c1cc(C(C)(C)C)ccc1N2c1ccc(C(C)(C)C)cc1. The zero-order chi connectivity index (χ0) is 51.0. The van der Waals surface area contributed by atoms with Crippen molar-refractivity contribution < 1.29 is 0 Å². The van der Waals surface area contributed by atoms with Crippen LogP contribution in [0, 0.1) is 6.92 Å². The summed E-state index contributed by atoms with van der Waals surface area (Å²) in [6, 6.07) is 63.7. The average Bonchev–Trinajstić information content (AvgIpc) is 3.55. The minimum absolute atomic E-state index is 0.0158. The lowest BCUT2D eigenvalue weighted by Gasteiger charge is -2.45. The Balaban J connectivity index is 1.20. The molecule has 0 amide bonds. The molecule has 8 aromatic carbocycles. The van der Waals surface area contributed by atoms with Crippen molar-refractivity contribution in [3.63, 3.8) is 0 Å². The smallest absolute Gasteiger partial charge is 0.252 e. The van der Waals surface area contributed by atoms with Gasteiger partial charge in [0, 0.05) is 56.6 Å². The molecule has 4 heteroatoms. The standard InChI is InChI=1S/C68H72BN3/c1-43-38-61-63-62(39-43)72(51-33-35-56-54(41-51)53-18-16-17-19-55(53)68(56,14)15)60-42-52(70(48-27-20-44(21-28-48)64(2,3)4)49-29-22-45(23-30-49)65(5,6)7)34-36-57(60)69(63)58-40-47(67(11,12)13)26-37-59(58)71(61)50-31-24-46(25-32-50)66(8,9)10/h16-42H,1-15H3. The highest BCUT2D eigenvalue weighted by Crippen LogP contribution is 2.52. The number of fused-ring (bicyclic) bond motifs is 7. The van der Waals surface area contributed by atoms with E-state index in [1.54, 1.807) is 0 Å². The zero-order valence-corrected chi connectivity index (χ0v) is 45.5. The number of aryl methyl sites for hydroxylation is 1. The minimum atomic E-state index is -0.103. The second kappa shape index (κ2) is 16.4. The lowest BCUT2D eigenvalue weighted by Crippen LogP contribution is -2.61. The molecule has 2 heterocycles. The van der Waals surface area contributed by atoms with E-state index in [0.29, 0.717) is 0 Å². The Kier molecular flexibility index (Phi) is 10.8. The summed E-state index contributed by atoms with van der Waals surface area (Å²) in [6.45, 7) is 34.7. The van der Waals surface area contributed by atoms with Crippen molar-refractivity contribution in [3.8, 4) is 11.1 Å². The van der Waals surface area contributed by atoms with Crippen molar-refractivity contribution in [3.05, 3.63) is 203 Å². The Morgan fingerprint density at radius 1 is 0.389 bits per heavy atom. The van der Waals surface area contributed by atoms with Gasteiger partial charge in [0.05, 0.1) is 0 Å². The minimum Gasteiger partial charge on any atom is -0.311 e. The number of nitrogens with zero attached hydrogens (tertiary/aromatic N) is 3. The molecule has 72 heavy (non-hydrogen) atoms. The summed E-state index contributed by atoms with van der Waals surface area (Å²) in [5.41, 5.74) is 26.5. The van der Waals surface area contributed by atoms with Crippen LogP contribution in [0.4, 0.5) is 51.2 Å². The van der Waals surface area contributed by atoms with Gasteiger partial charge in [-0.25, -0.2) is 0 Å². The predicted molar refractivity (Wildman–Crippen MR) is 312 cm³/mol. The van der Waals surface area contributed by atoms with Gasteiger partial charge >= 0.3 is 0 Å². The molecule has 8 aromatic rings. The van der Waals surface area contributed by atoms with Gasteiger partial charge in [0.1, 0.15) is 0 Å². The molecule has 362 valence electrons. The summed E-state index contributed by atoms with van der Waals surface area (Å²) >= 11 is 0. The first-order valence-electron chi connectivity index (χ1n) is 26.3. The first-order valence-corrected chi connectivity index (χ1v) is 26.3. The molecule has 2 aliphatic heterocycles. The maximum Gasteiger partial charge on any atom is 0.252 e. The summed E-state index contributed by atoms with van der Waals surface area (Å²) in [6.07, 6.45) is 0. The summed E-state index contributed by atoms with van der Waals surface area (Å²) < 4.78 is 0. The average molecular weight is 942 g/mol. The van der Waals surface area contributed by atoms with Crippen LogP contribution in [-0.2, 0) is 27.1 Å². The predicted octanol–water partition coefficient (Wildman–Crippen LogP) is 17.0. The molecule has 1 aliphatic carbocycles. The Bertz CT molecular complexity index is 3360. The molecular weight excluding hydrogens is 870 g/mol. The fraction of sp³-hybridized carbons (Fsp3) is 0.294. The highest BCUT2D eigenvalue weighted by Gasteiger charge is 2.45. The molecule has 0 saturated carbocycles. The number of anilines is 9. The fourth-order valence-electron chi connectivity index (χ4n) is 11.9. The molecule has 0 unspecified atom stereocenters. The maximum absolute atomic E-state index is 2.61. The van der Waals surface area contributed by atoms with Gasteiger partial charge in [0.2, 0.25) is 0 Å². The highest BCUT2D eigenvalue weighted by atomic mass is 15.2. The molecular formula is C68H72BN3. The van der Waals surface area contributed by atoms with E-state index in [9.17, 15) is 0 Å². The zero-order valence-electron chi connectivity index (χ0n) is 45.5. The van der Waals surface area contributed by atoms with Crippen LogP contribution in [-0.4, -0.2) is 6.71 Å². The second-order valence-corrected chi connectivity index (χ2v) is 25.7. The Hall–Kier alpha value is -6.78. The van der Waals surface area contributed by atoms with Gasteiger partial charge in [0.25, 0.3) is 6.71 Å². The largest absolute Gasteiger partial charge is 0.311 e. The first kappa shape index (κ1) is 47.5. The molecule has 0 fully saturated rings. The Morgan fingerprint density at radius 3 is 1.42 bits per heavy atom. The molecule has 0 spiro atoms.